The molecule has 2 rings (SSSR count). The van der Waals surface area contributed by atoms with Gasteiger partial charge in [0.15, 0.2) is 5.69 Å². The lowest BCUT2D eigenvalue weighted by molar-refractivity contribution is 0.149. The molecular formula is C13H15F2N2+. The second-order valence-electron chi connectivity index (χ2n) is 4.89. The van der Waals surface area contributed by atoms with Crippen molar-refractivity contribution in [3.05, 3.63) is 36.0 Å². The van der Waals surface area contributed by atoms with E-state index in [9.17, 15) is 8.78 Å². The summed E-state index contributed by atoms with van der Waals surface area (Å²) in [5, 5.41) is 0.790. The van der Waals surface area contributed by atoms with E-state index in [4.69, 9.17) is 0 Å². The van der Waals surface area contributed by atoms with Gasteiger partial charge in [-0.15, -0.1) is 0 Å². The van der Waals surface area contributed by atoms with Crippen LogP contribution in [0.25, 0.3) is 10.9 Å². The van der Waals surface area contributed by atoms with E-state index in [0.29, 0.717) is 10.2 Å². The standard InChI is InChI=1S/C13H15F2N2/c1-17(2,3)12-9-6-4-5-7-11(9)16-8-10(12)13(14)15/h4-8,13H,1-3H3/q+1. The number of fused-ring (bicyclic) bond motifs is 1. The van der Waals surface area contributed by atoms with Crippen molar-refractivity contribution in [1.29, 1.82) is 0 Å². The molecule has 0 aliphatic rings. The van der Waals surface area contributed by atoms with Crippen molar-refractivity contribution in [2.45, 2.75) is 6.43 Å². The second-order valence-corrected chi connectivity index (χ2v) is 4.89. The summed E-state index contributed by atoms with van der Waals surface area (Å²) in [4.78, 5) is 4.09. The molecule has 0 spiro atoms. The maximum Gasteiger partial charge on any atom is 0.271 e. The van der Waals surface area contributed by atoms with Crippen LogP contribution in [0.2, 0.25) is 0 Å². The zero-order valence-corrected chi connectivity index (χ0v) is 10.1. The molecule has 0 saturated carbocycles. The molecule has 1 aromatic heterocycles. The molecule has 4 heteroatoms. The molecule has 0 N–H and O–H groups in total. The van der Waals surface area contributed by atoms with E-state index < -0.39 is 6.43 Å². The summed E-state index contributed by atoms with van der Waals surface area (Å²) >= 11 is 0. The molecule has 17 heavy (non-hydrogen) atoms. The van der Waals surface area contributed by atoms with Crippen LogP contribution in [0.1, 0.15) is 12.0 Å². The van der Waals surface area contributed by atoms with Gasteiger partial charge in [0.05, 0.1) is 37.6 Å². The van der Waals surface area contributed by atoms with Crippen LogP contribution in [-0.4, -0.2) is 26.1 Å². The fourth-order valence-electron chi connectivity index (χ4n) is 2.05. The smallest absolute Gasteiger partial charge is 0.271 e. The van der Waals surface area contributed by atoms with Crippen LogP contribution in [0, 0.1) is 0 Å². The summed E-state index contributed by atoms with van der Waals surface area (Å²) < 4.78 is 26.4. The molecule has 90 valence electrons. The Morgan fingerprint density at radius 1 is 1.12 bits per heavy atom. The van der Waals surface area contributed by atoms with Gasteiger partial charge < -0.3 is 0 Å². The van der Waals surface area contributed by atoms with E-state index in [1.807, 2.05) is 45.4 Å². The van der Waals surface area contributed by atoms with E-state index in [1.54, 1.807) is 0 Å². The maximum absolute atomic E-state index is 13.0. The lowest BCUT2D eigenvalue weighted by Crippen LogP contribution is -2.36. The van der Waals surface area contributed by atoms with Crippen molar-refractivity contribution in [2.24, 2.45) is 0 Å². The summed E-state index contributed by atoms with van der Waals surface area (Å²) in [5.74, 6) is 0. The Hall–Kier alpha value is -1.55. The number of hydrogen-bond acceptors (Lipinski definition) is 1. The quantitative estimate of drug-likeness (QED) is 0.730. The first-order valence-corrected chi connectivity index (χ1v) is 5.39. The number of halogens is 2. The van der Waals surface area contributed by atoms with Crippen molar-refractivity contribution in [2.75, 3.05) is 21.1 Å². The predicted octanol–water partition coefficient (Wildman–Crippen LogP) is 3.37. The van der Waals surface area contributed by atoms with Gasteiger partial charge in [-0.05, 0) is 12.1 Å². The Labute approximate surface area is 99.1 Å². The van der Waals surface area contributed by atoms with Crippen molar-refractivity contribution < 1.29 is 8.78 Å². The molecule has 0 aliphatic carbocycles. The van der Waals surface area contributed by atoms with Crippen molar-refractivity contribution in [1.82, 2.24) is 9.47 Å². The number of aromatic nitrogens is 1. The van der Waals surface area contributed by atoms with Gasteiger partial charge in [0.25, 0.3) is 6.43 Å². The SMILES string of the molecule is C[N+](C)(C)c1c(C(F)F)cnc2ccccc12. The predicted molar refractivity (Wildman–Crippen MR) is 66.3 cm³/mol. The van der Waals surface area contributed by atoms with Crippen LogP contribution in [0.5, 0.6) is 0 Å². The number of hydrogen-bond donors (Lipinski definition) is 0. The fraction of sp³-hybridized carbons (Fsp3) is 0.308. The van der Waals surface area contributed by atoms with Gasteiger partial charge in [0, 0.05) is 6.20 Å². The van der Waals surface area contributed by atoms with E-state index in [1.165, 1.54) is 6.20 Å². The van der Waals surface area contributed by atoms with Crippen LogP contribution < -0.4 is 4.48 Å². The van der Waals surface area contributed by atoms with E-state index >= 15 is 0 Å². The Kier molecular flexibility index (Phi) is 2.83. The second kappa shape index (κ2) is 4.04. The topological polar surface area (TPSA) is 12.9 Å². The van der Waals surface area contributed by atoms with Gasteiger partial charge in [0.1, 0.15) is 0 Å². The monoisotopic (exact) mass is 237 g/mol. The van der Waals surface area contributed by atoms with E-state index in [-0.39, 0.29) is 5.56 Å². The normalized spacial score (nSPS) is 12.4. The average molecular weight is 237 g/mol. The zero-order chi connectivity index (χ0) is 12.6. The Bertz CT molecular complexity index is 545. The lowest BCUT2D eigenvalue weighted by atomic mass is 10.1. The van der Waals surface area contributed by atoms with Crippen molar-refractivity contribution >= 4 is 16.6 Å². The molecule has 0 atom stereocenters. The van der Waals surface area contributed by atoms with Crippen LogP contribution >= 0.6 is 0 Å². The van der Waals surface area contributed by atoms with Crippen LogP contribution in [0.15, 0.2) is 30.5 Å². The average Bonchev–Trinajstić information content (AvgIpc) is 2.26. The Morgan fingerprint density at radius 2 is 1.76 bits per heavy atom. The number of rotatable bonds is 2. The molecular weight excluding hydrogens is 222 g/mol. The zero-order valence-electron chi connectivity index (χ0n) is 10.1. The number of quaternary nitrogens is 1. The first-order valence-electron chi connectivity index (χ1n) is 5.39. The minimum Gasteiger partial charge on any atom is -0.297 e. The Balaban J connectivity index is 2.85. The highest BCUT2D eigenvalue weighted by atomic mass is 19.3. The molecule has 0 bridgehead atoms. The minimum atomic E-state index is -2.50. The largest absolute Gasteiger partial charge is 0.297 e. The number of benzene rings is 1. The highest BCUT2D eigenvalue weighted by Crippen LogP contribution is 2.36. The van der Waals surface area contributed by atoms with Gasteiger partial charge >= 0.3 is 0 Å². The summed E-state index contributed by atoms with van der Waals surface area (Å²) in [7, 11) is 5.65. The van der Waals surface area contributed by atoms with Gasteiger partial charge in [-0.3, -0.25) is 9.47 Å². The Morgan fingerprint density at radius 3 is 2.35 bits per heavy atom. The molecule has 0 saturated heterocycles. The summed E-state index contributed by atoms with van der Waals surface area (Å²) in [6.45, 7) is 0. The third-order valence-electron chi connectivity index (χ3n) is 2.68. The molecule has 2 aromatic rings. The van der Waals surface area contributed by atoms with Gasteiger partial charge in [-0.1, -0.05) is 12.1 Å². The molecule has 0 unspecified atom stereocenters. The van der Waals surface area contributed by atoms with Crippen LogP contribution in [0.4, 0.5) is 14.5 Å². The summed E-state index contributed by atoms with van der Waals surface area (Å²) in [6, 6.07) is 7.38. The third kappa shape index (κ3) is 2.13. The maximum atomic E-state index is 13.0. The number of alkyl halides is 2. The number of nitrogens with zero attached hydrogens (tertiary/aromatic N) is 2. The third-order valence-corrected chi connectivity index (χ3v) is 2.68. The van der Waals surface area contributed by atoms with Crippen molar-refractivity contribution in [3.8, 4) is 0 Å². The van der Waals surface area contributed by atoms with Gasteiger partial charge in [-0.25, -0.2) is 8.78 Å². The molecule has 0 radical (unpaired) electrons. The number of para-hydroxylation sites is 1. The lowest BCUT2D eigenvalue weighted by Gasteiger charge is -2.27. The minimum absolute atomic E-state index is 0.0104. The molecule has 0 fully saturated rings. The molecule has 1 heterocycles. The highest BCUT2D eigenvalue weighted by Gasteiger charge is 2.26. The first kappa shape index (κ1) is 11.9. The highest BCUT2D eigenvalue weighted by molar-refractivity contribution is 5.92. The molecule has 0 aliphatic heterocycles. The first-order chi connectivity index (χ1) is 7.91. The van der Waals surface area contributed by atoms with E-state index in [0.717, 1.165) is 10.9 Å². The molecule has 1 aromatic carbocycles. The van der Waals surface area contributed by atoms with Gasteiger partial charge in [-0.2, -0.15) is 0 Å². The van der Waals surface area contributed by atoms with Gasteiger partial charge in [0.2, 0.25) is 0 Å². The van der Waals surface area contributed by atoms with Crippen molar-refractivity contribution in [3.63, 3.8) is 0 Å². The molecule has 2 nitrogen and oxygen atoms in total. The summed E-state index contributed by atoms with van der Waals surface area (Å²) in [6.07, 6.45) is -1.22. The summed E-state index contributed by atoms with van der Waals surface area (Å²) in [5.41, 5.74) is 1.39. The van der Waals surface area contributed by atoms with E-state index in [2.05, 4.69) is 4.98 Å². The molecule has 0 amide bonds. The fourth-order valence-corrected chi connectivity index (χ4v) is 2.05. The van der Waals surface area contributed by atoms with Crippen LogP contribution in [0.3, 0.4) is 0 Å². The van der Waals surface area contributed by atoms with Crippen LogP contribution in [-0.2, 0) is 0 Å². The number of pyridine rings is 1.